The second kappa shape index (κ2) is 7.54. The van der Waals surface area contributed by atoms with Crippen LogP contribution < -0.4 is 20.3 Å². The van der Waals surface area contributed by atoms with Crippen LogP contribution in [-0.2, 0) is 11.2 Å². The summed E-state index contributed by atoms with van der Waals surface area (Å²) in [4.78, 5) is 26.0. The Morgan fingerprint density at radius 1 is 1.30 bits per heavy atom. The lowest BCUT2D eigenvalue weighted by Gasteiger charge is -2.10. The van der Waals surface area contributed by atoms with Crippen molar-refractivity contribution in [2.45, 2.75) is 12.8 Å². The Bertz CT molecular complexity index is 815. The van der Waals surface area contributed by atoms with Crippen LogP contribution >= 0.6 is 12.2 Å². The number of aryl methyl sites for hydroxylation is 1. The summed E-state index contributed by atoms with van der Waals surface area (Å²) in [6.45, 7) is 0. The zero-order valence-electron chi connectivity index (χ0n) is 12.6. The Morgan fingerprint density at radius 2 is 2.04 bits per heavy atom. The second-order valence-corrected chi connectivity index (χ2v) is 4.98. The molecule has 0 fully saturated rings. The molecule has 0 atom stereocenters. The molecule has 0 radical (unpaired) electrons. The highest BCUT2D eigenvalue weighted by Gasteiger charge is 2.09. The van der Waals surface area contributed by atoms with Gasteiger partial charge < -0.3 is 14.8 Å². The van der Waals surface area contributed by atoms with Gasteiger partial charge in [0.05, 0.1) is 14.2 Å². The van der Waals surface area contributed by atoms with Crippen molar-refractivity contribution in [1.29, 1.82) is 0 Å². The van der Waals surface area contributed by atoms with E-state index in [0.29, 0.717) is 17.2 Å². The highest BCUT2D eigenvalue weighted by molar-refractivity contribution is 7.71. The van der Waals surface area contributed by atoms with Crippen molar-refractivity contribution < 1.29 is 14.3 Å². The number of anilines is 1. The number of methoxy groups -OCH3 is 2. The van der Waals surface area contributed by atoms with Gasteiger partial charge in [-0.05, 0) is 24.4 Å². The normalized spacial score (nSPS) is 10.2. The summed E-state index contributed by atoms with van der Waals surface area (Å²) in [5, 5.41) is 9.03. The number of ether oxygens (including phenoxy) is 2. The lowest BCUT2D eigenvalue weighted by molar-refractivity contribution is -0.116. The maximum atomic E-state index is 12.0. The van der Waals surface area contributed by atoms with Crippen LogP contribution in [0.25, 0.3) is 0 Å². The smallest absolute Gasteiger partial charge is 0.273 e. The van der Waals surface area contributed by atoms with Crippen LogP contribution in [0.5, 0.6) is 11.5 Å². The maximum absolute atomic E-state index is 12.0. The number of nitrogens with one attached hydrogen (secondary N) is 3. The van der Waals surface area contributed by atoms with E-state index < -0.39 is 5.56 Å². The molecule has 0 spiro atoms. The molecular formula is C14H16N4O4S. The minimum atomic E-state index is -0.396. The molecule has 1 amide bonds. The fourth-order valence-corrected chi connectivity index (χ4v) is 2.05. The highest BCUT2D eigenvalue weighted by atomic mass is 32.1. The SMILES string of the molecule is COc1ccc(NC(=O)CCc2n[nH]c(=S)[nH]c2=O)cc1OC. The number of aromatic amines is 2. The molecule has 2 aromatic rings. The van der Waals surface area contributed by atoms with Gasteiger partial charge in [-0.2, -0.15) is 5.10 Å². The van der Waals surface area contributed by atoms with E-state index in [2.05, 4.69) is 20.5 Å². The number of H-pyrrole nitrogens is 2. The molecule has 3 N–H and O–H groups in total. The third kappa shape index (κ3) is 4.39. The minimum absolute atomic E-state index is 0.106. The van der Waals surface area contributed by atoms with Crippen molar-refractivity contribution in [2.24, 2.45) is 0 Å². The van der Waals surface area contributed by atoms with Gasteiger partial charge in [-0.15, -0.1) is 0 Å². The second-order valence-electron chi connectivity index (χ2n) is 4.57. The van der Waals surface area contributed by atoms with Crippen LogP contribution in [0, 0.1) is 4.77 Å². The molecule has 0 aliphatic heterocycles. The maximum Gasteiger partial charge on any atom is 0.273 e. The van der Waals surface area contributed by atoms with Crippen molar-refractivity contribution in [3.63, 3.8) is 0 Å². The molecule has 122 valence electrons. The highest BCUT2D eigenvalue weighted by Crippen LogP contribution is 2.29. The average Bonchev–Trinajstić information content (AvgIpc) is 2.54. The van der Waals surface area contributed by atoms with E-state index in [4.69, 9.17) is 21.7 Å². The summed E-state index contributed by atoms with van der Waals surface area (Å²) < 4.78 is 10.4. The quantitative estimate of drug-likeness (QED) is 0.688. The van der Waals surface area contributed by atoms with Crippen LogP contribution in [0.1, 0.15) is 12.1 Å². The molecule has 1 aromatic heterocycles. The van der Waals surface area contributed by atoms with Crippen LogP contribution in [0.4, 0.5) is 5.69 Å². The van der Waals surface area contributed by atoms with Crippen LogP contribution in [-0.4, -0.2) is 35.3 Å². The molecule has 23 heavy (non-hydrogen) atoms. The first-order chi connectivity index (χ1) is 11.0. The first-order valence-electron chi connectivity index (χ1n) is 6.73. The molecule has 0 saturated heterocycles. The molecular weight excluding hydrogens is 320 g/mol. The number of carbonyl (C=O) groups excluding carboxylic acids is 1. The zero-order valence-corrected chi connectivity index (χ0v) is 13.5. The van der Waals surface area contributed by atoms with E-state index in [-0.39, 0.29) is 29.2 Å². The van der Waals surface area contributed by atoms with E-state index in [1.165, 1.54) is 14.2 Å². The van der Waals surface area contributed by atoms with Crippen LogP contribution in [0.3, 0.4) is 0 Å². The van der Waals surface area contributed by atoms with Gasteiger partial charge in [-0.1, -0.05) is 0 Å². The summed E-state index contributed by atoms with van der Waals surface area (Å²) in [5.74, 6) is 0.834. The summed E-state index contributed by atoms with van der Waals surface area (Å²) in [5.41, 5.74) is 0.399. The number of amides is 1. The zero-order chi connectivity index (χ0) is 16.8. The molecule has 1 heterocycles. The van der Waals surface area contributed by atoms with Crippen LogP contribution in [0.15, 0.2) is 23.0 Å². The van der Waals surface area contributed by atoms with Gasteiger partial charge in [0.25, 0.3) is 5.56 Å². The van der Waals surface area contributed by atoms with Gasteiger partial charge >= 0.3 is 0 Å². The molecule has 8 nitrogen and oxygen atoms in total. The number of rotatable bonds is 6. The Hall–Kier alpha value is -2.68. The Balaban J connectivity index is 1.99. The molecule has 0 aliphatic carbocycles. The fraction of sp³-hybridized carbons (Fsp3) is 0.286. The minimum Gasteiger partial charge on any atom is -0.493 e. The number of hydrogen-bond donors (Lipinski definition) is 3. The Morgan fingerprint density at radius 3 is 2.70 bits per heavy atom. The number of benzene rings is 1. The first-order valence-corrected chi connectivity index (χ1v) is 7.14. The molecule has 0 saturated carbocycles. The summed E-state index contributed by atoms with van der Waals surface area (Å²) in [7, 11) is 3.05. The van der Waals surface area contributed by atoms with Crippen molar-refractivity contribution in [3.8, 4) is 11.5 Å². The van der Waals surface area contributed by atoms with Gasteiger partial charge in [0.1, 0.15) is 5.69 Å². The molecule has 2 rings (SSSR count). The van der Waals surface area contributed by atoms with Gasteiger partial charge in [0, 0.05) is 24.6 Å². The van der Waals surface area contributed by atoms with Crippen molar-refractivity contribution >= 4 is 23.8 Å². The monoisotopic (exact) mass is 336 g/mol. The molecule has 0 unspecified atom stereocenters. The lowest BCUT2D eigenvalue weighted by Crippen LogP contribution is -2.19. The van der Waals surface area contributed by atoms with Crippen molar-refractivity contribution in [3.05, 3.63) is 39.0 Å². The fourth-order valence-electron chi connectivity index (χ4n) is 1.91. The van der Waals surface area contributed by atoms with Gasteiger partial charge in [0.2, 0.25) is 5.91 Å². The molecule has 9 heteroatoms. The largest absolute Gasteiger partial charge is 0.493 e. The molecule has 0 aliphatic rings. The number of carbonyl (C=O) groups is 1. The Labute approximate surface area is 136 Å². The number of nitrogens with zero attached hydrogens (tertiary/aromatic N) is 1. The topological polar surface area (TPSA) is 109 Å². The standard InChI is InChI=1S/C14H16N4O4S/c1-21-10-5-3-8(7-11(10)22-2)15-12(19)6-4-9-13(20)16-14(23)18-17-9/h3,5,7H,4,6H2,1-2H3,(H,15,19)(H2,16,18,20,23). The van der Waals surface area contributed by atoms with E-state index in [9.17, 15) is 9.59 Å². The summed E-state index contributed by atoms with van der Waals surface area (Å²) in [6.07, 6.45) is 0.301. The summed E-state index contributed by atoms with van der Waals surface area (Å²) >= 11 is 4.75. The van der Waals surface area contributed by atoms with Crippen molar-refractivity contribution in [1.82, 2.24) is 15.2 Å². The van der Waals surface area contributed by atoms with Crippen LogP contribution in [0.2, 0.25) is 0 Å². The number of aromatic nitrogens is 3. The number of hydrogen-bond acceptors (Lipinski definition) is 6. The summed E-state index contributed by atoms with van der Waals surface area (Å²) in [6, 6.07) is 5.05. The van der Waals surface area contributed by atoms with Gasteiger partial charge in [-0.3, -0.25) is 19.7 Å². The first kappa shape index (κ1) is 16.7. The van der Waals surface area contributed by atoms with E-state index in [1.54, 1.807) is 18.2 Å². The van der Waals surface area contributed by atoms with Gasteiger partial charge in [-0.25, -0.2) is 0 Å². The van der Waals surface area contributed by atoms with E-state index >= 15 is 0 Å². The molecule has 1 aromatic carbocycles. The third-order valence-corrected chi connectivity index (χ3v) is 3.23. The predicted octanol–water partition coefficient (Wildman–Crippen LogP) is 1.42. The van der Waals surface area contributed by atoms with Gasteiger partial charge in [0.15, 0.2) is 16.3 Å². The Kier molecular flexibility index (Phi) is 5.47. The van der Waals surface area contributed by atoms with E-state index in [1.807, 2.05) is 0 Å². The third-order valence-electron chi connectivity index (χ3n) is 3.04. The predicted molar refractivity (Wildman–Crippen MR) is 86.5 cm³/mol. The lowest BCUT2D eigenvalue weighted by atomic mass is 10.2. The molecule has 0 bridgehead atoms. The van der Waals surface area contributed by atoms with E-state index in [0.717, 1.165) is 0 Å². The van der Waals surface area contributed by atoms with Crippen molar-refractivity contribution in [2.75, 3.05) is 19.5 Å². The average molecular weight is 336 g/mol.